The van der Waals surface area contributed by atoms with Crippen molar-refractivity contribution in [2.75, 3.05) is 26.3 Å². The predicted molar refractivity (Wildman–Crippen MR) is 83.1 cm³/mol. The van der Waals surface area contributed by atoms with E-state index in [1.807, 2.05) is 19.1 Å². The van der Waals surface area contributed by atoms with Crippen molar-refractivity contribution in [1.82, 2.24) is 4.90 Å². The van der Waals surface area contributed by atoms with Gasteiger partial charge in [0.15, 0.2) is 0 Å². The van der Waals surface area contributed by atoms with Gasteiger partial charge in [0.1, 0.15) is 16.9 Å². The van der Waals surface area contributed by atoms with Crippen LogP contribution in [-0.4, -0.2) is 31.2 Å². The summed E-state index contributed by atoms with van der Waals surface area (Å²) in [6.45, 7) is 6.08. The van der Waals surface area contributed by atoms with Gasteiger partial charge in [0, 0.05) is 36.0 Å². The highest BCUT2D eigenvalue weighted by Gasteiger charge is 2.14. The molecule has 1 aromatic carbocycles. The molecule has 0 atom stereocenters. The summed E-state index contributed by atoms with van der Waals surface area (Å²) in [6, 6.07) is 7.41. The molecule has 0 spiro atoms. The van der Waals surface area contributed by atoms with Crippen molar-refractivity contribution in [1.29, 1.82) is 0 Å². The third kappa shape index (κ3) is 2.42. The number of nitrogens with zero attached hydrogens (tertiary/aromatic N) is 1. The standard InChI is InChI=1S/C17H17NO4/c1-11-6-17(19)22-16-9-15-12(8-14(11)16)7-13(21-15)10-18-2-4-20-5-3-18/h6-9H,2-5,10H2,1H3. The minimum Gasteiger partial charge on any atom is -0.460 e. The molecule has 0 saturated carbocycles. The second kappa shape index (κ2) is 5.26. The first-order chi connectivity index (χ1) is 10.7. The Morgan fingerprint density at radius 1 is 1.05 bits per heavy atom. The fourth-order valence-corrected chi connectivity index (χ4v) is 2.97. The third-order valence-corrected chi connectivity index (χ3v) is 4.12. The van der Waals surface area contributed by atoms with Crippen LogP contribution < -0.4 is 5.63 Å². The lowest BCUT2D eigenvalue weighted by Gasteiger charge is -2.25. The van der Waals surface area contributed by atoms with Crippen LogP contribution in [0.25, 0.3) is 21.9 Å². The molecule has 0 amide bonds. The predicted octanol–water partition coefficient (Wildman–Crippen LogP) is 2.68. The first-order valence-corrected chi connectivity index (χ1v) is 7.46. The van der Waals surface area contributed by atoms with Gasteiger partial charge in [0.2, 0.25) is 0 Å². The van der Waals surface area contributed by atoms with Crippen molar-refractivity contribution in [3.63, 3.8) is 0 Å². The van der Waals surface area contributed by atoms with E-state index >= 15 is 0 Å². The van der Waals surface area contributed by atoms with Crippen molar-refractivity contribution in [3.05, 3.63) is 46.0 Å². The van der Waals surface area contributed by atoms with Crippen molar-refractivity contribution in [2.24, 2.45) is 0 Å². The van der Waals surface area contributed by atoms with E-state index in [1.54, 1.807) is 0 Å². The summed E-state index contributed by atoms with van der Waals surface area (Å²) in [7, 11) is 0. The number of hydrogen-bond donors (Lipinski definition) is 0. The van der Waals surface area contributed by atoms with E-state index in [0.717, 1.165) is 60.5 Å². The molecule has 3 aromatic rings. The number of furan rings is 1. The maximum atomic E-state index is 11.5. The molecule has 0 radical (unpaired) electrons. The lowest BCUT2D eigenvalue weighted by atomic mass is 10.1. The molecule has 1 aliphatic heterocycles. The zero-order valence-corrected chi connectivity index (χ0v) is 12.4. The van der Waals surface area contributed by atoms with Gasteiger partial charge in [-0.25, -0.2) is 4.79 Å². The van der Waals surface area contributed by atoms with Crippen LogP contribution in [0.5, 0.6) is 0 Å². The van der Waals surface area contributed by atoms with Gasteiger partial charge in [-0.3, -0.25) is 4.90 Å². The average Bonchev–Trinajstić information content (AvgIpc) is 2.87. The Morgan fingerprint density at radius 3 is 2.68 bits per heavy atom. The van der Waals surface area contributed by atoms with Gasteiger partial charge in [-0.1, -0.05) is 0 Å². The lowest BCUT2D eigenvalue weighted by molar-refractivity contribution is 0.0315. The topological polar surface area (TPSA) is 55.8 Å². The summed E-state index contributed by atoms with van der Waals surface area (Å²) in [5.41, 5.74) is 1.92. The Hall–Kier alpha value is -2.11. The normalized spacial score (nSPS) is 16.6. The van der Waals surface area contributed by atoms with Gasteiger partial charge in [-0.2, -0.15) is 0 Å². The van der Waals surface area contributed by atoms with Crippen LogP contribution in [0.2, 0.25) is 0 Å². The summed E-state index contributed by atoms with van der Waals surface area (Å²) in [5.74, 6) is 0.923. The Labute approximate surface area is 127 Å². The zero-order chi connectivity index (χ0) is 15.1. The Bertz CT molecular complexity index is 887. The van der Waals surface area contributed by atoms with Crippen LogP contribution in [0.1, 0.15) is 11.3 Å². The van der Waals surface area contributed by atoms with E-state index in [0.29, 0.717) is 5.58 Å². The summed E-state index contributed by atoms with van der Waals surface area (Å²) in [6.07, 6.45) is 0. The third-order valence-electron chi connectivity index (χ3n) is 4.12. The molecule has 0 bridgehead atoms. The molecule has 1 saturated heterocycles. The van der Waals surface area contributed by atoms with E-state index < -0.39 is 0 Å². The summed E-state index contributed by atoms with van der Waals surface area (Å²) in [5, 5.41) is 1.98. The summed E-state index contributed by atoms with van der Waals surface area (Å²) >= 11 is 0. The second-order valence-corrected chi connectivity index (χ2v) is 5.74. The zero-order valence-electron chi connectivity index (χ0n) is 12.4. The van der Waals surface area contributed by atoms with E-state index in [2.05, 4.69) is 11.0 Å². The highest BCUT2D eigenvalue weighted by molar-refractivity contribution is 5.94. The van der Waals surface area contributed by atoms with Gasteiger partial charge >= 0.3 is 5.63 Å². The number of fused-ring (bicyclic) bond motifs is 2. The molecule has 0 aliphatic carbocycles. The van der Waals surface area contributed by atoms with E-state index in [-0.39, 0.29) is 5.63 Å². The largest absolute Gasteiger partial charge is 0.460 e. The molecule has 22 heavy (non-hydrogen) atoms. The number of benzene rings is 1. The fraction of sp³-hybridized carbons (Fsp3) is 0.353. The molecule has 3 heterocycles. The molecule has 5 heteroatoms. The van der Waals surface area contributed by atoms with Gasteiger partial charge in [-0.05, 0) is 24.6 Å². The molecular weight excluding hydrogens is 282 g/mol. The maximum Gasteiger partial charge on any atom is 0.336 e. The second-order valence-electron chi connectivity index (χ2n) is 5.74. The van der Waals surface area contributed by atoms with Crippen LogP contribution in [0.4, 0.5) is 0 Å². The molecule has 2 aromatic heterocycles. The average molecular weight is 299 g/mol. The molecule has 1 fully saturated rings. The molecule has 0 unspecified atom stereocenters. The molecule has 1 aliphatic rings. The number of aryl methyl sites for hydroxylation is 1. The Morgan fingerprint density at radius 2 is 1.86 bits per heavy atom. The molecular formula is C17H17NO4. The minimum absolute atomic E-state index is 0.329. The first kappa shape index (κ1) is 13.5. The lowest BCUT2D eigenvalue weighted by Crippen LogP contribution is -2.35. The van der Waals surface area contributed by atoms with Crippen LogP contribution in [0.15, 0.2) is 37.9 Å². The van der Waals surface area contributed by atoms with E-state index in [1.165, 1.54) is 6.07 Å². The smallest absolute Gasteiger partial charge is 0.336 e. The monoisotopic (exact) mass is 299 g/mol. The summed E-state index contributed by atoms with van der Waals surface area (Å²) in [4.78, 5) is 13.8. The highest BCUT2D eigenvalue weighted by Crippen LogP contribution is 2.27. The highest BCUT2D eigenvalue weighted by atomic mass is 16.5. The Balaban J connectivity index is 1.74. The van der Waals surface area contributed by atoms with E-state index in [9.17, 15) is 4.79 Å². The Kier molecular flexibility index (Phi) is 3.24. The fourth-order valence-electron chi connectivity index (χ4n) is 2.97. The quantitative estimate of drug-likeness (QED) is 0.681. The van der Waals surface area contributed by atoms with E-state index in [4.69, 9.17) is 13.6 Å². The number of hydrogen-bond acceptors (Lipinski definition) is 5. The number of morpholine rings is 1. The molecule has 4 rings (SSSR count). The molecule has 5 nitrogen and oxygen atoms in total. The van der Waals surface area contributed by atoms with Crippen LogP contribution in [-0.2, 0) is 11.3 Å². The van der Waals surface area contributed by atoms with Crippen molar-refractivity contribution in [2.45, 2.75) is 13.5 Å². The van der Waals surface area contributed by atoms with Crippen LogP contribution in [0.3, 0.4) is 0 Å². The maximum absolute atomic E-state index is 11.5. The summed E-state index contributed by atoms with van der Waals surface area (Å²) < 4.78 is 16.5. The van der Waals surface area contributed by atoms with Crippen molar-refractivity contribution < 1.29 is 13.6 Å². The molecule has 0 N–H and O–H groups in total. The number of rotatable bonds is 2. The van der Waals surface area contributed by atoms with Crippen LogP contribution >= 0.6 is 0 Å². The number of ether oxygens (including phenoxy) is 1. The van der Waals surface area contributed by atoms with Gasteiger partial charge in [0.25, 0.3) is 0 Å². The van der Waals surface area contributed by atoms with Crippen molar-refractivity contribution in [3.8, 4) is 0 Å². The van der Waals surface area contributed by atoms with Crippen molar-refractivity contribution >= 4 is 21.9 Å². The SMILES string of the molecule is Cc1cc(=O)oc2cc3oc(CN4CCOCC4)cc3cc12. The van der Waals surface area contributed by atoms with Gasteiger partial charge in [-0.15, -0.1) is 0 Å². The van der Waals surface area contributed by atoms with Crippen LogP contribution in [0, 0.1) is 6.92 Å². The molecule has 114 valence electrons. The first-order valence-electron chi connectivity index (χ1n) is 7.46. The minimum atomic E-state index is -0.329. The van der Waals surface area contributed by atoms with Gasteiger partial charge in [0.05, 0.1) is 19.8 Å². The van der Waals surface area contributed by atoms with Gasteiger partial charge < -0.3 is 13.6 Å².